The predicted octanol–water partition coefficient (Wildman–Crippen LogP) is 6.83. The molecule has 0 amide bonds. The Bertz CT molecular complexity index is 1480. The van der Waals surface area contributed by atoms with Crippen molar-refractivity contribution in [2.24, 2.45) is 0 Å². The number of benzene rings is 2. The van der Waals surface area contributed by atoms with Crippen LogP contribution < -0.4 is 9.47 Å². The minimum Gasteiger partial charge on any atom is -0.493 e. The quantitative estimate of drug-likeness (QED) is 0.140. The van der Waals surface area contributed by atoms with Crippen molar-refractivity contribution in [3.8, 4) is 23.6 Å². The summed E-state index contributed by atoms with van der Waals surface area (Å²) in [5.74, 6) is -0.164. The second-order valence-electron chi connectivity index (χ2n) is 7.91. The summed E-state index contributed by atoms with van der Waals surface area (Å²) in [6, 6.07) is 14.6. The van der Waals surface area contributed by atoms with E-state index in [-0.39, 0.29) is 35.6 Å². The van der Waals surface area contributed by atoms with E-state index in [1.807, 2.05) is 18.2 Å². The SMILES string of the molecule is CCOC(=O)c1sc(CC(=O)/C(C#N)=C/c2cc(Br)c(OCc3ccc(Cl)cc3)c(OC)c2)c(C#N)c1C. The van der Waals surface area contributed by atoms with Crippen molar-refractivity contribution in [1.82, 2.24) is 0 Å². The molecule has 0 aliphatic rings. The van der Waals surface area contributed by atoms with E-state index in [2.05, 4.69) is 22.0 Å². The van der Waals surface area contributed by atoms with Crippen molar-refractivity contribution >= 4 is 56.7 Å². The third-order valence-corrected chi connectivity index (χ3v) is 7.51. The highest BCUT2D eigenvalue weighted by Gasteiger charge is 2.23. The van der Waals surface area contributed by atoms with E-state index in [4.69, 9.17) is 25.8 Å². The predicted molar refractivity (Wildman–Crippen MR) is 149 cm³/mol. The summed E-state index contributed by atoms with van der Waals surface area (Å²) < 4.78 is 17.0. The average Bonchev–Trinajstić information content (AvgIpc) is 3.21. The smallest absolute Gasteiger partial charge is 0.348 e. The minimum absolute atomic E-state index is 0.110. The van der Waals surface area contributed by atoms with Gasteiger partial charge in [0.15, 0.2) is 17.3 Å². The van der Waals surface area contributed by atoms with E-state index in [9.17, 15) is 20.1 Å². The second kappa shape index (κ2) is 13.3. The molecule has 0 fully saturated rings. The van der Waals surface area contributed by atoms with Gasteiger partial charge in [-0.1, -0.05) is 23.7 Å². The van der Waals surface area contributed by atoms with Crippen molar-refractivity contribution < 1.29 is 23.8 Å². The van der Waals surface area contributed by atoms with Crippen LogP contribution in [0, 0.1) is 29.6 Å². The summed E-state index contributed by atoms with van der Waals surface area (Å²) in [4.78, 5) is 25.9. The summed E-state index contributed by atoms with van der Waals surface area (Å²) in [7, 11) is 1.49. The van der Waals surface area contributed by atoms with Crippen LogP contribution >= 0.6 is 38.9 Å². The van der Waals surface area contributed by atoms with Gasteiger partial charge in [0, 0.05) is 16.3 Å². The molecule has 1 aromatic heterocycles. The number of nitriles is 2. The van der Waals surface area contributed by atoms with Gasteiger partial charge in [-0.05, 0) is 76.8 Å². The number of methoxy groups -OCH3 is 1. The van der Waals surface area contributed by atoms with Crippen LogP contribution in [0.1, 0.15) is 43.7 Å². The molecule has 7 nitrogen and oxygen atoms in total. The summed E-state index contributed by atoms with van der Waals surface area (Å²) in [5, 5.41) is 19.9. The highest BCUT2D eigenvalue weighted by molar-refractivity contribution is 9.10. The number of rotatable bonds is 10. The molecule has 0 atom stereocenters. The molecule has 0 saturated carbocycles. The topological polar surface area (TPSA) is 109 Å². The van der Waals surface area contributed by atoms with Crippen LogP contribution in [0.3, 0.4) is 0 Å². The van der Waals surface area contributed by atoms with Crippen LogP contribution in [0.15, 0.2) is 46.4 Å². The van der Waals surface area contributed by atoms with E-state index in [0.29, 0.717) is 37.0 Å². The molecule has 3 rings (SSSR count). The Morgan fingerprint density at radius 1 is 1.18 bits per heavy atom. The molecule has 0 spiro atoms. The molecular formula is C28H22BrClN2O5S. The normalized spacial score (nSPS) is 10.9. The molecule has 2 aromatic carbocycles. The molecule has 38 heavy (non-hydrogen) atoms. The Kier molecular flexibility index (Phi) is 10.1. The van der Waals surface area contributed by atoms with Crippen LogP contribution in [0.4, 0.5) is 0 Å². The van der Waals surface area contributed by atoms with E-state index in [1.54, 1.807) is 38.1 Å². The first-order valence-electron chi connectivity index (χ1n) is 11.3. The molecule has 0 aliphatic carbocycles. The first kappa shape index (κ1) is 28.9. The number of esters is 1. The Hall–Kier alpha value is -3.63. The fourth-order valence-electron chi connectivity index (χ4n) is 3.52. The fourth-order valence-corrected chi connectivity index (χ4v) is 5.37. The lowest BCUT2D eigenvalue weighted by molar-refractivity contribution is -0.114. The van der Waals surface area contributed by atoms with Crippen LogP contribution in [-0.4, -0.2) is 25.5 Å². The molecule has 10 heteroatoms. The average molecular weight is 614 g/mol. The number of thiophene rings is 1. The molecule has 0 saturated heterocycles. The highest BCUT2D eigenvalue weighted by atomic mass is 79.9. The molecule has 1 heterocycles. The van der Waals surface area contributed by atoms with Gasteiger partial charge >= 0.3 is 5.97 Å². The maximum Gasteiger partial charge on any atom is 0.348 e. The van der Waals surface area contributed by atoms with Gasteiger partial charge in [0.2, 0.25) is 0 Å². The number of Topliss-reactive ketones (excluding diaryl/α,β-unsaturated/α-hetero) is 1. The molecule has 3 aromatic rings. The van der Waals surface area contributed by atoms with Crippen molar-refractivity contribution in [1.29, 1.82) is 10.5 Å². The number of halogens is 2. The summed E-state index contributed by atoms with van der Waals surface area (Å²) in [6.45, 7) is 3.79. The number of carbonyl (C=O) groups is 2. The van der Waals surface area contributed by atoms with Crippen LogP contribution in [-0.2, 0) is 22.6 Å². The highest BCUT2D eigenvalue weighted by Crippen LogP contribution is 2.38. The largest absolute Gasteiger partial charge is 0.493 e. The molecule has 0 aliphatic heterocycles. The zero-order valence-electron chi connectivity index (χ0n) is 20.8. The second-order valence-corrected chi connectivity index (χ2v) is 10.3. The lowest BCUT2D eigenvalue weighted by Gasteiger charge is -2.14. The number of nitrogens with zero attached hydrogens (tertiary/aromatic N) is 2. The summed E-state index contributed by atoms with van der Waals surface area (Å²) in [6.07, 6.45) is 1.24. The van der Waals surface area contributed by atoms with Crippen molar-refractivity contribution in [3.63, 3.8) is 0 Å². The van der Waals surface area contributed by atoms with Crippen molar-refractivity contribution in [2.75, 3.05) is 13.7 Å². The van der Waals surface area contributed by atoms with E-state index in [0.717, 1.165) is 16.9 Å². The van der Waals surface area contributed by atoms with Crippen LogP contribution in [0.5, 0.6) is 11.5 Å². The number of hydrogen-bond acceptors (Lipinski definition) is 8. The number of ketones is 1. The van der Waals surface area contributed by atoms with Gasteiger partial charge in [-0.15, -0.1) is 11.3 Å². The number of allylic oxidation sites excluding steroid dienone is 1. The number of carbonyl (C=O) groups excluding carboxylic acids is 2. The van der Waals surface area contributed by atoms with E-state index in [1.165, 1.54) is 13.2 Å². The maximum absolute atomic E-state index is 13.0. The maximum atomic E-state index is 13.0. The van der Waals surface area contributed by atoms with Gasteiger partial charge in [-0.2, -0.15) is 10.5 Å². The molecule has 0 N–H and O–H groups in total. The standard InChI is InChI=1S/C28H22BrClN2O5S/c1-4-36-28(34)27-16(2)21(14-32)25(38-27)12-23(33)19(13-31)9-18-10-22(29)26(24(11-18)35-3)37-15-17-5-7-20(30)8-6-17/h5-11H,4,12,15H2,1-3H3/b19-9+. The first-order chi connectivity index (χ1) is 18.2. The zero-order valence-corrected chi connectivity index (χ0v) is 23.9. The third kappa shape index (κ3) is 6.81. The molecular weight excluding hydrogens is 592 g/mol. The van der Waals surface area contributed by atoms with Crippen molar-refractivity contribution in [2.45, 2.75) is 26.9 Å². The third-order valence-electron chi connectivity index (χ3n) is 5.39. The molecule has 0 bridgehead atoms. The lowest BCUT2D eigenvalue weighted by atomic mass is 10.0. The Balaban J connectivity index is 1.85. The number of hydrogen-bond donors (Lipinski definition) is 0. The van der Waals surface area contributed by atoms with Crippen LogP contribution in [0.25, 0.3) is 6.08 Å². The molecule has 194 valence electrons. The Morgan fingerprint density at radius 3 is 2.50 bits per heavy atom. The monoisotopic (exact) mass is 612 g/mol. The lowest BCUT2D eigenvalue weighted by Crippen LogP contribution is -2.05. The summed E-state index contributed by atoms with van der Waals surface area (Å²) >= 11 is 10.4. The first-order valence-corrected chi connectivity index (χ1v) is 13.3. The molecule has 0 radical (unpaired) electrons. The van der Waals surface area contributed by atoms with E-state index >= 15 is 0 Å². The Labute approximate surface area is 237 Å². The number of ether oxygens (including phenoxy) is 3. The molecule has 0 unspecified atom stereocenters. The van der Waals surface area contributed by atoms with Gasteiger partial charge in [0.05, 0.1) is 29.3 Å². The van der Waals surface area contributed by atoms with Crippen molar-refractivity contribution in [3.05, 3.63) is 83.5 Å². The van der Waals surface area contributed by atoms with Crippen LogP contribution in [0.2, 0.25) is 5.02 Å². The Morgan fingerprint density at radius 2 is 1.89 bits per heavy atom. The summed E-state index contributed by atoms with van der Waals surface area (Å²) in [5.41, 5.74) is 2.05. The minimum atomic E-state index is -0.545. The van der Waals surface area contributed by atoms with Gasteiger partial charge in [-0.25, -0.2) is 4.79 Å². The fraction of sp³-hybridized carbons (Fsp3) is 0.214. The van der Waals surface area contributed by atoms with Gasteiger partial charge in [0.25, 0.3) is 0 Å². The van der Waals surface area contributed by atoms with Gasteiger partial charge in [0.1, 0.15) is 23.6 Å². The van der Waals surface area contributed by atoms with Gasteiger partial charge in [-0.3, -0.25) is 4.79 Å². The zero-order chi connectivity index (χ0) is 27.8. The van der Waals surface area contributed by atoms with Gasteiger partial charge < -0.3 is 14.2 Å². The van der Waals surface area contributed by atoms with E-state index < -0.39 is 11.8 Å².